The highest BCUT2D eigenvalue weighted by molar-refractivity contribution is 5.35. The number of hydrogen-bond acceptors (Lipinski definition) is 1. The molecule has 0 unspecified atom stereocenters. The van der Waals surface area contributed by atoms with Crippen molar-refractivity contribution >= 4 is 0 Å². The van der Waals surface area contributed by atoms with Crippen LogP contribution in [0.15, 0.2) is 30.9 Å². The number of nitrogens with two attached hydrogens (primary N) is 1. The number of benzene rings is 1. The molecule has 70 valence electrons. The van der Waals surface area contributed by atoms with Gasteiger partial charge in [0.25, 0.3) is 0 Å². The van der Waals surface area contributed by atoms with E-state index < -0.39 is 0 Å². The lowest BCUT2D eigenvalue weighted by molar-refractivity contribution is 0.734. The zero-order valence-corrected chi connectivity index (χ0v) is 8.38. The van der Waals surface area contributed by atoms with Gasteiger partial charge in [-0.25, -0.2) is 0 Å². The summed E-state index contributed by atoms with van der Waals surface area (Å²) < 4.78 is 0. The first-order valence-corrected chi connectivity index (χ1v) is 4.59. The van der Waals surface area contributed by atoms with E-state index in [1.165, 1.54) is 16.7 Å². The minimum absolute atomic E-state index is 0.0948. The van der Waals surface area contributed by atoms with E-state index in [1.54, 1.807) is 0 Å². The van der Waals surface area contributed by atoms with E-state index in [9.17, 15) is 0 Å². The van der Waals surface area contributed by atoms with E-state index in [2.05, 4.69) is 38.6 Å². The molecule has 0 saturated carbocycles. The summed E-state index contributed by atoms with van der Waals surface area (Å²) in [7, 11) is 0. The molecule has 0 bridgehead atoms. The Balaban J connectivity index is 3.00. The SMILES string of the molecule is C=CC[C@@H](N)c1cccc(C)c1C. The van der Waals surface area contributed by atoms with Gasteiger partial charge >= 0.3 is 0 Å². The molecule has 1 rings (SSSR count). The minimum Gasteiger partial charge on any atom is -0.324 e. The molecule has 0 aliphatic carbocycles. The first-order valence-electron chi connectivity index (χ1n) is 4.59. The van der Waals surface area contributed by atoms with E-state index in [4.69, 9.17) is 5.73 Å². The molecule has 0 amide bonds. The van der Waals surface area contributed by atoms with E-state index >= 15 is 0 Å². The van der Waals surface area contributed by atoms with E-state index in [-0.39, 0.29) is 6.04 Å². The van der Waals surface area contributed by atoms with Crippen LogP contribution in [0.5, 0.6) is 0 Å². The summed E-state index contributed by atoms with van der Waals surface area (Å²) in [6, 6.07) is 6.36. The molecule has 0 spiro atoms. The molecule has 0 fully saturated rings. The van der Waals surface area contributed by atoms with Gasteiger partial charge in [-0.3, -0.25) is 0 Å². The molecule has 0 heterocycles. The summed E-state index contributed by atoms with van der Waals surface area (Å²) in [5.41, 5.74) is 9.85. The Labute approximate surface area is 80.3 Å². The van der Waals surface area contributed by atoms with Gasteiger partial charge in [-0.05, 0) is 37.0 Å². The largest absolute Gasteiger partial charge is 0.324 e. The van der Waals surface area contributed by atoms with Gasteiger partial charge in [0.1, 0.15) is 0 Å². The van der Waals surface area contributed by atoms with Crippen LogP contribution < -0.4 is 5.73 Å². The first kappa shape index (κ1) is 10.0. The molecule has 0 radical (unpaired) electrons. The van der Waals surface area contributed by atoms with Crippen molar-refractivity contribution in [1.82, 2.24) is 0 Å². The molecule has 2 N–H and O–H groups in total. The Morgan fingerprint density at radius 3 is 2.77 bits per heavy atom. The molecule has 0 aliphatic heterocycles. The maximum absolute atomic E-state index is 6.00. The molecule has 0 saturated heterocycles. The monoisotopic (exact) mass is 175 g/mol. The summed E-state index contributed by atoms with van der Waals surface area (Å²) in [5.74, 6) is 0. The van der Waals surface area contributed by atoms with Gasteiger partial charge in [0.2, 0.25) is 0 Å². The van der Waals surface area contributed by atoms with Crippen LogP contribution in [0.25, 0.3) is 0 Å². The lowest BCUT2D eigenvalue weighted by atomic mass is 9.96. The lowest BCUT2D eigenvalue weighted by Gasteiger charge is -2.14. The predicted molar refractivity (Wildman–Crippen MR) is 57.7 cm³/mol. The number of rotatable bonds is 3. The highest BCUT2D eigenvalue weighted by atomic mass is 14.6. The molecule has 1 aromatic carbocycles. The maximum atomic E-state index is 6.00. The fourth-order valence-corrected chi connectivity index (χ4v) is 1.48. The van der Waals surface area contributed by atoms with Crippen LogP contribution in [0.4, 0.5) is 0 Å². The van der Waals surface area contributed by atoms with Crippen LogP contribution >= 0.6 is 0 Å². The molecule has 0 aromatic heterocycles. The van der Waals surface area contributed by atoms with Crippen molar-refractivity contribution in [1.29, 1.82) is 0 Å². The average Bonchev–Trinajstić information content (AvgIpc) is 2.10. The van der Waals surface area contributed by atoms with E-state index in [0.717, 1.165) is 6.42 Å². The zero-order valence-electron chi connectivity index (χ0n) is 8.38. The highest BCUT2D eigenvalue weighted by Crippen LogP contribution is 2.20. The van der Waals surface area contributed by atoms with Gasteiger partial charge in [-0.1, -0.05) is 24.3 Å². The summed E-state index contributed by atoms with van der Waals surface area (Å²) in [4.78, 5) is 0. The summed E-state index contributed by atoms with van der Waals surface area (Å²) in [6.45, 7) is 7.93. The van der Waals surface area contributed by atoms with Crippen LogP contribution in [0.1, 0.15) is 29.2 Å². The van der Waals surface area contributed by atoms with Gasteiger partial charge in [-0.15, -0.1) is 6.58 Å². The van der Waals surface area contributed by atoms with Gasteiger partial charge < -0.3 is 5.73 Å². The van der Waals surface area contributed by atoms with Crippen molar-refractivity contribution in [2.45, 2.75) is 26.3 Å². The van der Waals surface area contributed by atoms with Crippen molar-refractivity contribution in [3.63, 3.8) is 0 Å². The van der Waals surface area contributed by atoms with Crippen LogP contribution in [0, 0.1) is 13.8 Å². The second kappa shape index (κ2) is 4.24. The number of hydrogen-bond donors (Lipinski definition) is 1. The first-order chi connectivity index (χ1) is 6.16. The Kier molecular flexibility index (Phi) is 3.26. The third-order valence-corrected chi connectivity index (χ3v) is 2.47. The molecule has 1 atom stereocenters. The third kappa shape index (κ3) is 2.19. The molecule has 0 aliphatic rings. The molecule has 1 aromatic rings. The highest BCUT2D eigenvalue weighted by Gasteiger charge is 2.07. The molecule has 13 heavy (non-hydrogen) atoms. The van der Waals surface area contributed by atoms with Gasteiger partial charge in [-0.2, -0.15) is 0 Å². The Morgan fingerprint density at radius 1 is 1.46 bits per heavy atom. The Morgan fingerprint density at radius 2 is 2.15 bits per heavy atom. The van der Waals surface area contributed by atoms with E-state index in [1.807, 2.05) is 6.08 Å². The van der Waals surface area contributed by atoms with Crippen LogP contribution in [0.2, 0.25) is 0 Å². The topological polar surface area (TPSA) is 26.0 Å². The minimum atomic E-state index is 0.0948. The number of aryl methyl sites for hydroxylation is 1. The second-order valence-electron chi connectivity index (χ2n) is 3.42. The van der Waals surface area contributed by atoms with Crippen LogP contribution in [-0.2, 0) is 0 Å². The molecular weight excluding hydrogens is 158 g/mol. The van der Waals surface area contributed by atoms with Gasteiger partial charge in [0, 0.05) is 6.04 Å². The zero-order chi connectivity index (χ0) is 9.84. The predicted octanol–water partition coefficient (Wildman–Crippen LogP) is 2.88. The average molecular weight is 175 g/mol. The van der Waals surface area contributed by atoms with Gasteiger partial charge in [0.05, 0.1) is 0 Å². The molecule has 1 heteroatoms. The van der Waals surface area contributed by atoms with E-state index in [0.29, 0.717) is 0 Å². The van der Waals surface area contributed by atoms with Crippen molar-refractivity contribution in [2.75, 3.05) is 0 Å². The second-order valence-corrected chi connectivity index (χ2v) is 3.42. The quantitative estimate of drug-likeness (QED) is 0.702. The molecular formula is C12H17N. The molecule has 1 nitrogen and oxygen atoms in total. The standard InChI is InChI=1S/C12H17N/c1-4-6-12(13)11-8-5-7-9(2)10(11)3/h4-5,7-8,12H,1,6,13H2,2-3H3/t12-/m1/s1. The van der Waals surface area contributed by atoms with Crippen molar-refractivity contribution in [3.8, 4) is 0 Å². The Hall–Kier alpha value is -1.08. The summed E-state index contributed by atoms with van der Waals surface area (Å²) in [6.07, 6.45) is 2.71. The Bertz CT molecular complexity index is 302. The van der Waals surface area contributed by atoms with Crippen LogP contribution in [0.3, 0.4) is 0 Å². The lowest BCUT2D eigenvalue weighted by Crippen LogP contribution is -2.11. The normalized spacial score (nSPS) is 12.5. The van der Waals surface area contributed by atoms with Crippen molar-refractivity contribution < 1.29 is 0 Å². The van der Waals surface area contributed by atoms with Crippen LogP contribution in [-0.4, -0.2) is 0 Å². The van der Waals surface area contributed by atoms with Crippen molar-refractivity contribution in [3.05, 3.63) is 47.5 Å². The summed E-state index contributed by atoms with van der Waals surface area (Å²) in [5, 5.41) is 0. The summed E-state index contributed by atoms with van der Waals surface area (Å²) >= 11 is 0. The van der Waals surface area contributed by atoms with Gasteiger partial charge in [0.15, 0.2) is 0 Å². The fraction of sp³-hybridized carbons (Fsp3) is 0.333. The van der Waals surface area contributed by atoms with Crippen molar-refractivity contribution in [2.24, 2.45) is 5.73 Å². The maximum Gasteiger partial charge on any atom is 0.0332 e. The third-order valence-electron chi connectivity index (χ3n) is 2.47. The smallest absolute Gasteiger partial charge is 0.0332 e. The fourth-order valence-electron chi connectivity index (χ4n) is 1.48.